The summed E-state index contributed by atoms with van der Waals surface area (Å²) >= 11 is 0. The molecule has 0 radical (unpaired) electrons. The molecular weight excluding hydrogens is 469 g/mol. The van der Waals surface area contributed by atoms with E-state index in [1.807, 2.05) is 36.4 Å². The van der Waals surface area contributed by atoms with Crippen LogP contribution in [0.5, 0.6) is 0 Å². The van der Waals surface area contributed by atoms with Crippen LogP contribution in [0.4, 0.5) is 18.9 Å². The van der Waals surface area contributed by atoms with Crippen LogP contribution in [0.15, 0.2) is 78.0 Å². The molecule has 0 aromatic heterocycles. The maximum Gasteiger partial charge on any atom is 0.414 e. The molecule has 0 saturated carbocycles. The summed E-state index contributed by atoms with van der Waals surface area (Å²) in [6.45, 7) is 2.62. The number of nitrogens with one attached hydrogen (secondary N) is 1. The van der Waals surface area contributed by atoms with Gasteiger partial charge in [0.05, 0.1) is 35.2 Å². The number of carbonyl (C=O) groups is 1. The van der Waals surface area contributed by atoms with E-state index in [1.54, 1.807) is 35.2 Å². The summed E-state index contributed by atoms with van der Waals surface area (Å²) in [4.78, 5) is 14.7. The van der Waals surface area contributed by atoms with Gasteiger partial charge in [0.25, 0.3) is 5.91 Å². The number of aliphatic hydroxyl groups is 1. The second-order valence-electron chi connectivity index (χ2n) is 9.09. The molecule has 0 fully saturated rings. The van der Waals surface area contributed by atoms with Crippen LogP contribution in [0.25, 0.3) is 0 Å². The molecule has 0 bridgehead atoms. The predicted octanol–water partition coefficient (Wildman–Crippen LogP) is 4.74. The lowest BCUT2D eigenvalue weighted by molar-refractivity contribution is -0.136. The van der Waals surface area contributed by atoms with Crippen LogP contribution in [0.3, 0.4) is 0 Å². The molecule has 2 atom stereocenters. The third kappa shape index (κ3) is 6.12. The molecule has 1 aliphatic rings. The van der Waals surface area contributed by atoms with Crippen LogP contribution in [0.1, 0.15) is 31.4 Å². The molecule has 2 N–H and O–H groups in total. The van der Waals surface area contributed by atoms with Crippen molar-refractivity contribution in [1.82, 2.24) is 5.32 Å². The fourth-order valence-corrected chi connectivity index (χ4v) is 3.88. The lowest BCUT2D eigenvalue weighted by Crippen LogP contribution is -2.52. The summed E-state index contributed by atoms with van der Waals surface area (Å²) < 4.78 is 40.7. The SMILES string of the molecule is CC(O)(CN(Cc1ccccc1)c1ccc(C#N)cc1)C(=O)NC1=CCC(C)(C#N)C(C(F)(F)F)=C1. The van der Waals surface area contributed by atoms with Crippen LogP contribution in [-0.2, 0) is 11.3 Å². The van der Waals surface area contributed by atoms with Gasteiger partial charge in [-0.3, -0.25) is 4.79 Å². The highest BCUT2D eigenvalue weighted by molar-refractivity contribution is 5.87. The number of nitrogens with zero attached hydrogens (tertiary/aromatic N) is 3. The van der Waals surface area contributed by atoms with Gasteiger partial charge in [-0.15, -0.1) is 0 Å². The van der Waals surface area contributed by atoms with Crippen molar-refractivity contribution < 1.29 is 23.1 Å². The second kappa shape index (κ2) is 10.3. The number of benzene rings is 2. The van der Waals surface area contributed by atoms with E-state index >= 15 is 0 Å². The topological polar surface area (TPSA) is 100 Å². The van der Waals surface area contributed by atoms with Gasteiger partial charge in [0.1, 0.15) is 0 Å². The molecule has 2 unspecified atom stereocenters. The van der Waals surface area contributed by atoms with Gasteiger partial charge in [-0.05, 0) is 56.2 Å². The number of alkyl halides is 3. The van der Waals surface area contributed by atoms with Gasteiger partial charge in [-0.25, -0.2) is 0 Å². The van der Waals surface area contributed by atoms with E-state index in [0.29, 0.717) is 17.8 Å². The Labute approximate surface area is 207 Å². The highest BCUT2D eigenvalue weighted by Gasteiger charge is 2.47. The van der Waals surface area contributed by atoms with E-state index in [-0.39, 0.29) is 18.7 Å². The number of hydrogen-bond donors (Lipinski definition) is 2. The smallest absolute Gasteiger partial charge is 0.378 e. The van der Waals surface area contributed by atoms with Gasteiger partial charge >= 0.3 is 6.18 Å². The molecule has 0 spiro atoms. The summed E-state index contributed by atoms with van der Waals surface area (Å²) in [6.07, 6.45) is -2.91. The Morgan fingerprint density at radius 3 is 2.33 bits per heavy atom. The average Bonchev–Trinajstić information content (AvgIpc) is 2.84. The Hall–Kier alpha value is -4.08. The van der Waals surface area contributed by atoms with Crippen molar-refractivity contribution in [1.29, 1.82) is 10.5 Å². The number of rotatable bonds is 7. The van der Waals surface area contributed by atoms with Crippen molar-refractivity contribution in [3.63, 3.8) is 0 Å². The predicted molar refractivity (Wildman–Crippen MR) is 128 cm³/mol. The number of carbonyl (C=O) groups excluding carboxylic acids is 1. The molecule has 186 valence electrons. The van der Waals surface area contributed by atoms with Gasteiger partial charge in [0.2, 0.25) is 0 Å². The molecule has 9 heteroatoms. The first-order chi connectivity index (χ1) is 16.9. The second-order valence-corrected chi connectivity index (χ2v) is 9.09. The van der Waals surface area contributed by atoms with E-state index < -0.39 is 28.7 Å². The summed E-state index contributed by atoms with van der Waals surface area (Å²) in [5, 5.41) is 31.8. The van der Waals surface area contributed by atoms with Crippen molar-refractivity contribution in [3.05, 3.63) is 89.1 Å². The Kier molecular flexibility index (Phi) is 7.57. The minimum atomic E-state index is -4.75. The zero-order valence-electron chi connectivity index (χ0n) is 19.8. The molecule has 0 aliphatic heterocycles. The molecule has 6 nitrogen and oxygen atoms in total. The number of amides is 1. The van der Waals surface area contributed by atoms with Gasteiger partial charge < -0.3 is 15.3 Å². The maximum atomic E-state index is 13.6. The van der Waals surface area contributed by atoms with Crippen molar-refractivity contribution in [2.75, 3.05) is 11.4 Å². The maximum absolute atomic E-state index is 13.6. The normalized spacial score (nSPS) is 19.1. The Balaban J connectivity index is 1.84. The standard InChI is InChI=1S/C27H25F3N4O2/c1-25(17-32)13-12-21(14-23(25)27(28,29)30)33-24(35)26(2,36)18-34(16-20-6-4-3-5-7-20)22-10-8-19(15-31)9-11-22/h3-12,14,36H,13,16,18H2,1-2H3,(H,33,35). The van der Waals surface area contributed by atoms with E-state index in [4.69, 9.17) is 5.26 Å². The van der Waals surface area contributed by atoms with E-state index in [9.17, 15) is 28.3 Å². The number of anilines is 1. The van der Waals surface area contributed by atoms with E-state index in [0.717, 1.165) is 11.6 Å². The van der Waals surface area contributed by atoms with Gasteiger partial charge in [0, 0.05) is 17.9 Å². The van der Waals surface area contributed by atoms with Crippen LogP contribution < -0.4 is 10.2 Å². The number of nitriles is 2. The van der Waals surface area contributed by atoms with Crippen LogP contribution in [-0.4, -0.2) is 29.3 Å². The summed E-state index contributed by atoms with van der Waals surface area (Å²) in [5.41, 5.74) is -2.95. The molecule has 36 heavy (non-hydrogen) atoms. The fourth-order valence-electron chi connectivity index (χ4n) is 3.88. The summed E-state index contributed by atoms with van der Waals surface area (Å²) in [6, 6.07) is 19.7. The van der Waals surface area contributed by atoms with Gasteiger partial charge in [-0.1, -0.05) is 36.4 Å². The van der Waals surface area contributed by atoms with Crippen molar-refractivity contribution in [2.24, 2.45) is 5.41 Å². The summed E-state index contributed by atoms with van der Waals surface area (Å²) in [5.74, 6) is -0.890. The molecule has 0 saturated heterocycles. The van der Waals surface area contributed by atoms with Crippen molar-refractivity contribution in [3.8, 4) is 12.1 Å². The molecule has 1 aliphatic carbocycles. The molecular formula is C27H25F3N4O2. The lowest BCUT2D eigenvalue weighted by atomic mass is 9.76. The molecule has 3 rings (SSSR count). The van der Waals surface area contributed by atoms with Crippen LogP contribution in [0.2, 0.25) is 0 Å². The highest BCUT2D eigenvalue weighted by Crippen LogP contribution is 2.44. The monoisotopic (exact) mass is 494 g/mol. The zero-order valence-corrected chi connectivity index (χ0v) is 19.8. The average molecular weight is 495 g/mol. The Morgan fingerprint density at radius 2 is 1.78 bits per heavy atom. The lowest BCUT2D eigenvalue weighted by Gasteiger charge is -2.33. The molecule has 0 heterocycles. The van der Waals surface area contributed by atoms with Crippen LogP contribution in [0, 0.1) is 28.1 Å². The first-order valence-corrected chi connectivity index (χ1v) is 11.1. The first kappa shape index (κ1) is 26.5. The molecule has 2 aromatic carbocycles. The third-order valence-corrected chi connectivity index (χ3v) is 6.00. The quantitative estimate of drug-likeness (QED) is 0.579. The zero-order chi connectivity index (χ0) is 26.6. The highest BCUT2D eigenvalue weighted by atomic mass is 19.4. The van der Waals surface area contributed by atoms with E-state index in [1.165, 1.54) is 19.9 Å². The van der Waals surface area contributed by atoms with Crippen molar-refractivity contribution >= 4 is 11.6 Å². The molecule has 1 amide bonds. The number of allylic oxidation sites excluding steroid dienone is 3. The van der Waals surface area contributed by atoms with Crippen molar-refractivity contribution in [2.45, 2.75) is 38.6 Å². The van der Waals surface area contributed by atoms with E-state index in [2.05, 4.69) is 5.32 Å². The Morgan fingerprint density at radius 1 is 1.14 bits per heavy atom. The third-order valence-electron chi connectivity index (χ3n) is 6.00. The number of halogens is 3. The minimum Gasteiger partial charge on any atom is -0.378 e. The molecule has 2 aromatic rings. The van der Waals surface area contributed by atoms with Crippen LogP contribution >= 0.6 is 0 Å². The first-order valence-electron chi connectivity index (χ1n) is 11.1. The largest absolute Gasteiger partial charge is 0.414 e. The minimum absolute atomic E-state index is 0.131. The van der Waals surface area contributed by atoms with Gasteiger partial charge in [0.15, 0.2) is 5.60 Å². The fraction of sp³-hybridized carbons (Fsp3) is 0.296. The van der Waals surface area contributed by atoms with Gasteiger partial charge in [-0.2, -0.15) is 23.7 Å². The Bertz CT molecular complexity index is 1250. The number of hydrogen-bond acceptors (Lipinski definition) is 5. The summed E-state index contributed by atoms with van der Waals surface area (Å²) in [7, 11) is 0.